The smallest absolute Gasteiger partial charge is 0.296 e. The normalized spacial score (nSPS) is 12.1. The van der Waals surface area contributed by atoms with Gasteiger partial charge in [0.15, 0.2) is 0 Å². The van der Waals surface area contributed by atoms with Crippen LogP contribution in [0.1, 0.15) is 49.5 Å². The van der Waals surface area contributed by atoms with Gasteiger partial charge in [0.05, 0.1) is 45.4 Å². The van der Waals surface area contributed by atoms with Crippen molar-refractivity contribution in [2.24, 2.45) is 20.5 Å². The SMILES string of the molecule is CCCOc1cc(N=Nc2ccc(Cl)cc2)c(Cl)cc1Cc1nc(Cc2cc(Cl)c(N=Nc3ccc(Cl)c(S(=O)(=O)O)c3)cc2OCCCS(=O)(=O)O)nc(NCC)n1. The lowest BCUT2D eigenvalue weighted by molar-refractivity contribution is 0.313. The van der Waals surface area contributed by atoms with E-state index in [2.05, 4.69) is 35.7 Å². The summed E-state index contributed by atoms with van der Waals surface area (Å²) in [6.45, 7) is 4.66. The number of halogens is 4. The largest absolute Gasteiger partial charge is 0.493 e. The third-order valence-corrected chi connectivity index (χ3v) is 10.8. The van der Waals surface area contributed by atoms with Crippen molar-refractivity contribution in [2.45, 2.75) is 44.4 Å². The molecule has 5 rings (SSSR count). The number of rotatable bonds is 19. The quantitative estimate of drug-likeness (QED) is 0.0399. The Bertz CT molecular complexity index is 2580. The van der Waals surface area contributed by atoms with Gasteiger partial charge < -0.3 is 14.8 Å². The van der Waals surface area contributed by atoms with Crippen LogP contribution in [0, 0.1) is 0 Å². The minimum absolute atomic E-state index is 0.0352. The van der Waals surface area contributed by atoms with Gasteiger partial charge in [0.25, 0.3) is 20.2 Å². The van der Waals surface area contributed by atoms with Crippen molar-refractivity contribution in [1.82, 2.24) is 15.0 Å². The summed E-state index contributed by atoms with van der Waals surface area (Å²) >= 11 is 25.3. The Morgan fingerprint density at radius 3 is 1.73 bits per heavy atom. The monoisotopic (exact) mass is 924 g/mol. The van der Waals surface area contributed by atoms with Crippen molar-refractivity contribution in [1.29, 1.82) is 0 Å². The summed E-state index contributed by atoms with van der Waals surface area (Å²) in [4.78, 5) is 13.4. The number of azo groups is 2. The third kappa shape index (κ3) is 13.8. The highest BCUT2D eigenvalue weighted by Gasteiger charge is 2.19. The van der Waals surface area contributed by atoms with E-state index in [1.165, 1.54) is 18.2 Å². The maximum Gasteiger partial charge on any atom is 0.296 e. The highest BCUT2D eigenvalue weighted by molar-refractivity contribution is 7.86. The Hall–Kier alpha value is -4.53. The van der Waals surface area contributed by atoms with Gasteiger partial charge in [-0.1, -0.05) is 53.3 Å². The molecule has 312 valence electrons. The van der Waals surface area contributed by atoms with Gasteiger partial charge in [0, 0.05) is 47.7 Å². The second kappa shape index (κ2) is 20.6. The van der Waals surface area contributed by atoms with E-state index >= 15 is 0 Å². The number of hydrogen-bond acceptors (Lipinski definition) is 14. The molecule has 0 spiro atoms. The fourth-order valence-corrected chi connectivity index (χ4v) is 7.24. The molecule has 59 heavy (non-hydrogen) atoms. The summed E-state index contributed by atoms with van der Waals surface area (Å²) in [6, 6.07) is 16.9. The van der Waals surface area contributed by atoms with Crippen LogP contribution in [-0.2, 0) is 33.1 Å². The average Bonchev–Trinajstić information content (AvgIpc) is 3.16. The summed E-state index contributed by atoms with van der Waals surface area (Å²) in [5.74, 6) is 1.16. The molecular weight excluding hydrogens is 890 g/mol. The highest BCUT2D eigenvalue weighted by Crippen LogP contribution is 2.38. The van der Waals surface area contributed by atoms with Crippen LogP contribution in [-0.4, -0.2) is 66.4 Å². The maximum atomic E-state index is 11.7. The van der Waals surface area contributed by atoms with Gasteiger partial charge in [0.1, 0.15) is 39.4 Å². The van der Waals surface area contributed by atoms with Crippen molar-refractivity contribution in [3.63, 3.8) is 0 Å². The second-order valence-corrected chi connectivity index (χ2v) is 17.1. The standard InChI is InChI=1S/C37H36Cl4N8O8S2/c1-3-12-56-32-20-30(48-46-25-8-6-24(38)7-9-25)28(40)15-22(32)17-35-43-36(45-37(44-35)42-4-2)18-23-16-29(41)31(21-33(23)57-13-5-14-58(50,51)52)49-47-26-10-11-27(39)34(19-26)59(53,54)55/h6-11,15-16,19-21H,3-5,12-14,17-18H2,1-2H3,(H,50,51,52)(H,53,54,55)(H,42,43,44,45). The number of nitrogens with zero attached hydrogens (tertiary/aromatic N) is 7. The van der Waals surface area contributed by atoms with E-state index < -0.39 is 30.9 Å². The molecule has 0 aliphatic rings. The van der Waals surface area contributed by atoms with E-state index in [4.69, 9.17) is 60.9 Å². The van der Waals surface area contributed by atoms with E-state index in [0.717, 1.165) is 12.5 Å². The lowest BCUT2D eigenvalue weighted by Crippen LogP contribution is -2.12. The molecular formula is C37H36Cl4N8O8S2. The van der Waals surface area contributed by atoms with Crippen LogP contribution in [0.5, 0.6) is 11.5 Å². The molecule has 0 bridgehead atoms. The number of aromatic nitrogens is 3. The van der Waals surface area contributed by atoms with E-state index in [9.17, 15) is 25.9 Å². The van der Waals surface area contributed by atoms with Crippen molar-refractivity contribution in [3.8, 4) is 11.5 Å². The molecule has 0 amide bonds. The van der Waals surface area contributed by atoms with Gasteiger partial charge in [-0.25, -0.2) is 4.98 Å². The number of nitrogens with one attached hydrogen (secondary N) is 1. The van der Waals surface area contributed by atoms with Crippen LogP contribution in [0.2, 0.25) is 20.1 Å². The zero-order valence-electron chi connectivity index (χ0n) is 31.3. The number of ether oxygens (including phenoxy) is 2. The number of anilines is 1. The summed E-state index contributed by atoms with van der Waals surface area (Å²) in [6.07, 6.45) is 0.929. The van der Waals surface area contributed by atoms with Gasteiger partial charge in [0.2, 0.25) is 5.95 Å². The minimum atomic E-state index is -4.65. The van der Waals surface area contributed by atoms with Crippen molar-refractivity contribution >= 4 is 95.3 Å². The summed E-state index contributed by atoms with van der Waals surface area (Å²) in [7, 11) is -8.89. The number of benzene rings is 4. The molecule has 16 nitrogen and oxygen atoms in total. The average molecular weight is 927 g/mol. The van der Waals surface area contributed by atoms with E-state index in [0.29, 0.717) is 69.0 Å². The van der Waals surface area contributed by atoms with Crippen LogP contribution in [0.15, 0.2) is 92.1 Å². The maximum absolute atomic E-state index is 11.7. The predicted octanol–water partition coefficient (Wildman–Crippen LogP) is 10.6. The lowest BCUT2D eigenvalue weighted by Gasteiger charge is -2.15. The van der Waals surface area contributed by atoms with E-state index in [1.807, 2.05) is 13.8 Å². The highest BCUT2D eigenvalue weighted by atomic mass is 35.5. The first kappa shape index (κ1) is 45.6. The van der Waals surface area contributed by atoms with Gasteiger partial charge in [-0.2, -0.15) is 37.0 Å². The Morgan fingerprint density at radius 1 is 0.661 bits per heavy atom. The second-order valence-electron chi connectivity index (χ2n) is 12.5. The van der Waals surface area contributed by atoms with Gasteiger partial charge in [-0.05, 0) is 74.4 Å². The molecule has 3 N–H and O–H groups in total. The molecule has 5 aromatic rings. The predicted molar refractivity (Wildman–Crippen MR) is 226 cm³/mol. The molecule has 0 aliphatic carbocycles. The first-order chi connectivity index (χ1) is 28.0. The molecule has 4 aromatic carbocycles. The molecule has 0 saturated carbocycles. The van der Waals surface area contributed by atoms with Gasteiger partial charge >= 0.3 is 0 Å². The summed E-state index contributed by atoms with van der Waals surface area (Å²) in [5, 5.41) is 20.7. The molecule has 1 heterocycles. The van der Waals surface area contributed by atoms with E-state index in [1.54, 1.807) is 42.5 Å². The Morgan fingerprint density at radius 2 is 1.20 bits per heavy atom. The van der Waals surface area contributed by atoms with Crippen LogP contribution in [0.25, 0.3) is 0 Å². The van der Waals surface area contributed by atoms with Crippen molar-refractivity contribution in [2.75, 3.05) is 30.8 Å². The lowest BCUT2D eigenvalue weighted by atomic mass is 10.1. The molecule has 0 radical (unpaired) electrons. The van der Waals surface area contributed by atoms with Crippen LogP contribution in [0.3, 0.4) is 0 Å². The van der Waals surface area contributed by atoms with Crippen molar-refractivity contribution < 1.29 is 35.4 Å². The Labute approximate surface area is 360 Å². The fourth-order valence-electron chi connectivity index (χ4n) is 5.19. The molecule has 1 aromatic heterocycles. The number of hydrogen-bond donors (Lipinski definition) is 3. The van der Waals surface area contributed by atoms with Gasteiger partial charge in [-0.3, -0.25) is 9.11 Å². The van der Waals surface area contributed by atoms with Crippen LogP contribution in [0.4, 0.5) is 28.7 Å². The van der Waals surface area contributed by atoms with Gasteiger partial charge in [-0.15, -0.1) is 10.2 Å². The van der Waals surface area contributed by atoms with Crippen molar-refractivity contribution in [3.05, 3.63) is 110 Å². The molecule has 0 atom stereocenters. The first-order valence-electron chi connectivity index (χ1n) is 17.7. The molecule has 0 fully saturated rings. The van der Waals surface area contributed by atoms with Crippen LogP contribution < -0.4 is 14.8 Å². The zero-order valence-corrected chi connectivity index (χ0v) is 36.0. The fraction of sp³-hybridized carbons (Fsp3) is 0.270. The summed E-state index contributed by atoms with van der Waals surface area (Å²) < 4.78 is 77.0. The molecule has 22 heteroatoms. The molecule has 0 unspecified atom stereocenters. The first-order valence-corrected chi connectivity index (χ1v) is 22.3. The van der Waals surface area contributed by atoms with E-state index in [-0.39, 0.29) is 53.0 Å². The Kier molecular flexibility index (Phi) is 15.9. The van der Waals surface area contributed by atoms with Crippen LogP contribution >= 0.6 is 46.4 Å². The molecule has 0 aliphatic heterocycles. The third-order valence-electron chi connectivity index (χ3n) is 7.85. The topological polar surface area (TPSA) is 227 Å². The Balaban J connectivity index is 1.48. The molecule has 0 saturated heterocycles. The minimum Gasteiger partial charge on any atom is -0.493 e. The zero-order chi connectivity index (χ0) is 42.7. The summed E-state index contributed by atoms with van der Waals surface area (Å²) in [5.41, 5.74) is 2.26.